The number of alkyl halides is 3. The van der Waals surface area contributed by atoms with Crippen LogP contribution >= 0.6 is 0 Å². The molecule has 0 fully saturated rings. The van der Waals surface area contributed by atoms with Gasteiger partial charge in [-0.15, -0.1) is 13.2 Å². The minimum absolute atomic E-state index is 0.0362. The van der Waals surface area contributed by atoms with Crippen LogP contribution in [0.4, 0.5) is 13.2 Å². The van der Waals surface area contributed by atoms with Crippen LogP contribution in [0.15, 0.2) is 24.3 Å². The number of nitrogens with one attached hydrogen (secondary N) is 1. The molecule has 0 aromatic heterocycles. The second kappa shape index (κ2) is 6.39. The molecule has 100 valence electrons. The van der Waals surface area contributed by atoms with Crippen molar-refractivity contribution in [2.45, 2.75) is 19.2 Å². The molecule has 0 unspecified atom stereocenters. The van der Waals surface area contributed by atoms with Gasteiger partial charge in [0.15, 0.2) is 5.78 Å². The molecule has 1 aromatic rings. The summed E-state index contributed by atoms with van der Waals surface area (Å²) in [6, 6.07) is 5.38. The number of hydrogen-bond donors (Lipinski definition) is 1. The minimum atomic E-state index is -4.79. The summed E-state index contributed by atoms with van der Waals surface area (Å²) in [6.07, 6.45) is -4.05. The fourth-order valence-electron chi connectivity index (χ4n) is 1.47. The third kappa shape index (κ3) is 4.75. The molecular formula is C12H14F3NO2. The summed E-state index contributed by atoms with van der Waals surface area (Å²) in [5, 5.41) is 2.86. The van der Waals surface area contributed by atoms with Gasteiger partial charge in [0.25, 0.3) is 0 Å². The predicted octanol–water partition coefficient (Wildman–Crippen LogP) is 2.77. The predicted molar refractivity (Wildman–Crippen MR) is 60.6 cm³/mol. The second-order valence-corrected chi connectivity index (χ2v) is 3.67. The van der Waals surface area contributed by atoms with Crippen molar-refractivity contribution < 1.29 is 22.7 Å². The Morgan fingerprint density at radius 3 is 2.61 bits per heavy atom. The molecule has 1 N–H and O–H groups in total. The van der Waals surface area contributed by atoms with Crippen LogP contribution in [0.1, 0.15) is 23.2 Å². The van der Waals surface area contributed by atoms with Gasteiger partial charge in [0, 0.05) is 6.42 Å². The molecule has 1 rings (SSSR count). The van der Waals surface area contributed by atoms with Crippen LogP contribution in [0, 0.1) is 0 Å². The van der Waals surface area contributed by atoms with Gasteiger partial charge in [-0.1, -0.05) is 12.1 Å². The normalized spacial score (nSPS) is 11.3. The SMILES string of the molecule is CNCCCC(=O)c1ccccc1OC(F)(F)F. The van der Waals surface area contributed by atoms with E-state index in [0.717, 1.165) is 6.07 Å². The van der Waals surface area contributed by atoms with Crippen molar-refractivity contribution >= 4 is 5.78 Å². The summed E-state index contributed by atoms with van der Waals surface area (Å²) in [5.41, 5.74) is -0.0362. The minimum Gasteiger partial charge on any atom is -0.405 e. The van der Waals surface area contributed by atoms with Gasteiger partial charge in [0.1, 0.15) is 5.75 Å². The Labute approximate surface area is 103 Å². The Morgan fingerprint density at radius 1 is 1.33 bits per heavy atom. The van der Waals surface area contributed by atoms with Gasteiger partial charge in [0.05, 0.1) is 5.56 Å². The molecule has 0 saturated heterocycles. The topological polar surface area (TPSA) is 38.3 Å². The fraction of sp³-hybridized carbons (Fsp3) is 0.417. The number of rotatable bonds is 6. The fourth-order valence-corrected chi connectivity index (χ4v) is 1.47. The number of carbonyl (C=O) groups excluding carboxylic acids is 1. The highest BCUT2D eigenvalue weighted by molar-refractivity contribution is 5.98. The Hall–Kier alpha value is -1.56. The van der Waals surface area contributed by atoms with Gasteiger partial charge < -0.3 is 10.1 Å². The van der Waals surface area contributed by atoms with Crippen LogP contribution < -0.4 is 10.1 Å². The summed E-state index contributed by atoms with van der Waals surface area (Å²) in [5.74, 6) is -0.801. The molecule has 0 aliphatic heterocycles. The first kappa shape index (κ1) is 14.5. The number of Topliss-reactive ketones (excluding diaryl/α,β-unsaturated/α-hetero) is 1. The number of para-hydroxylation sites is 1. The van der Waals surface area contributed by atoms with Crippen LogP contribution in [0.3, 0.4) is 0 Å². The lowest BCUT2D eigenvalue weighted by Gasteiger charge is -2.12. The van der Waals surface area contributed by atoms with E-state index < -0.39 is 12.1 Å². The van der Waals surface area contributed by atoms with E-state index in [-0.39, 0.29) is 17.8 Å². The monoisotopic (exact) mass is 261 g/mol. The molecule has 0 aliphatic rings. The molecule has 0 atom stereocenters. The smallest absolute Gasteiger partial charge is 0.405 e. The molecule has 0 bridgehead atoms. The average Bonchev–Trinajstić information content (AvgIpc) is 2.27. The van der Waals surface area contributed by atoms with Crippen molar-refractivity contribution in [3.63, 3.8) is 0 Å². The Kier molecular flexibility index (Phi) is 5.15. The maximum atomic E-state index is 12.1. The van der Waals surface area contributed by atoms with E-state index in [1.165, 1.54) is 18.2 Å². The first-order chi connectivity index (χ1) is 8.44. The molecule has 0 amide bonds. The third-order valence-electron chi connectivity index (χ3n) is 2.24. The number of halogens is 3. The standard InChI is InChI=1S/C12H14F3NO2/c1-16-8-4-6-10(17)9-5-2-3-7-11(9)18-12(13,14)15/h2-3,5,7,16H,4,6,8H2,1H3. The average molecular weight is 261 g/mol. The van der Waals surface area contributed by atoms with Gasteiger partial charge in [-0.2, -0.15) is 0 Å². The number of benzene rings is 1. The van der Waals surface area contributed by atoms with E-state index in [0.29, 0.717) is 13.0 Å². The van der Waals surface area contributed by atoms with E-state index in [1.807, 2.05) is 0 Å². The Bertz CT molecular complexity index is 405. The van der Waals surface area contributed by atoms with Crippen molar-refractivity contribution in [1.82, 2.24) is 5.32 Å². The van der Waals surface area contributed by atoms with Gasteiger partial charge in [-0.3, -0.25) is 4.79 Å². The zero-order valence-electron chi connectivity index (χ0n) is 9.88. The summed E-state index contributed by atoms with van der Waals surface area (Å²) >= 11 is 0. The highest BCUT2D eigenvalue weighted by atomic mass is 19.4. The molecule has 0 heterocycles. The number of carbonyl (C=O) groups is 1. The van der Waals surface area contributed by atoms with Crippen molar-refractivity contribution in [1.29, 1.82) is 0 Å². The maximum Gasteiger partial charge on any atom is 0.573 e. The van der Waals surface area contributed by atoms with Crippen LogP contribution in [0.25, 0.3) is 0 Å². The van der Waals surface area contributed by atoms with Crippen LogP contribution in [0.5, 0.6) is 5.75 Å². The van der Waals surface area contributed by atoms with Crippen LogP contribution in [-0.4, -0.2) is 25.7 Å². The van der Waals surface area contributed by atoms with Crippen molar-refractivity contribution in [2.24, 2.45) is 0 Å². The first-order valence-corrected chi connectivity index (χ1v) is 5.46. The summed E-state index contributed by atoms with van der Waals surface area (Å²) in [4.78, 5) is 11.8. The lowest BCUT2D eigenvalue weighted by Crippen LogP contribution is -2.19. The van der Waals surface area contributed by atoms with E-state index in [2.05, 4.69) is 10.1 Å². The number of ketones is 1. The van der Waals surface area contributed by atoms with Gasteiger partial charge >= 0.3 is 6.36 Å². The molecule has 0 spiro atoms. The third-order valence-corrected chi connectivity index (χ3v) is 2.24. The molecule has 0 aliphatic carbocycles. The maximum absolute atomic E-state index is 12.1. The van der Waals surface area contributed by atoms with Crippen molar-refractivity contribution in [3.8, 4) is 5.75 Å². The lowest BCUT2D eigenvalue weighted by atomic mass is 10.1. The van der Waals surface area contributed by atoms with Gasteiger partial charge in [-0.05, 0) is 32.1 Å². The summed E-state index contributed by atoms with van der Waals surface area (Å²) in [7, 11) is 1.74. The highest BCUT2D eigenvalue weighted by Crippen LogP contribution is 2.27. The van der Waals surface area contributed by atoms with Crippen molar-refractivity contribution in [3.05, 3.63) is 29.8 Å². The molecular weight excluding hydrogens is 247 g/mol. The quantitative estimate of drug-likeness (QED) is 0.632. The lowest BCUT2D eigenvalue weighted by molar-refractivity contribution is -0.274. The van der Waals surface area contributed by atoms with Gasteiger partial charge in [-0.25, -0.2) is 0 Å². The van der Waals surface area contributed by atoms with E-state index in [9.17, 15) is 18.0 Å². The summed E-state index contributed by atoms with van der Waals surface area (Å²) < 4.78 is 40.3. The Balaban J connectivity index is 2.78. The molecule has 0 radical (unpaired) electrons. The molecule has 6 heteroatoms. The second-order valence-electron chi connectivity index (χ2n) is 3.67. The van der Waals surface area contributed by atoms with E-state index >= 15 is 0 Å². The van der Waals surface area contributed by atoms with E-state index in [1.54, 1.807) is 7.05 Å². The van der Waals surface area contributed by atoms with Crippen LogP contribution in [-0.2, 0) is 0 Å². The number of hydrogen-bond acceptors (Lipinski definition) is 3. The molecule has 0 saturated carbocycles. The largest absolute Gasteiger partial charge is 0.573 e. The van der Waals surface area contributed by atoms with Crippen LogP contribution in [0.2, 0.25) is 0 Å². The van der Waals surface area contributed by atoms with E-state index in [4.69, 9.17) is 0 Å². The first-order valence-electron chi connectivity index (χ1n) is 5.46. The number of ether oxygens (including phenoxy) is 1. The zero-order chi connectivity index (χ0) is 13.6. The zero-order valence-corrected chi connectivity index (χ0v) is 9.88. The molecule has 1 aromatic carbocycles. The molecule has 18 heavy (non-hydrogen) atoms. The van der Waals surface area contributed by atoms with Gasteiger partial charge in [0.2, 0.25) is 0 Å². The molecule has 3 nitrogen and oxygen atoms in total. The Morgan fingerprint density at radius 2 is 2.00 bits per heavy atom. The van der Waals surface area contributed by atoms with Crippen molar-refractivity contribution in [2.75, 3.05) is 13.6 Å². The highest BCUT2D eigenvalue weighted by Gasteiger charge is 2.32. The summed E-state index contributed by atoms with van der Waals surface area (Å²) in [6.45, 7) is 0.633.